The van der Waals surface area contributed by atoms with Gasteiger partial charge in [0, 0.05) is 11.4 Å². The van der Waals surface area contributed by atoms with Crippen molar-refractivity contribution in [2.24, 2.45) is 0 Å². The number of nitrogens with one attached hydrogen (secondary N) is 1. The van der Waals surface area contributed by atoms with E-state index in [4.69, 9.17) is 4.74 Å². The molecule has 0 aliphatic heterocycles. The Bertz CT molecular complexity index is 852. The predicted octanol–water partition coefficient (Wildman–Crippen LogP) is 5.28. The molecule has 0 bridgehead atoms. The molecule has 3 aromatic rings. The van der Waals surface area contributed by atoms with Crippen molar-refractivity contribution in [3.05, 3.63) is 95.8 Å². The minimum absolute atomic E-state index is 0.0694. The summed E-state index contributed by atoms with van der Waals surface area (Å²) < 4.78 is 18.6. The van der Waals surface area contributed by atoms with E-state index in [0.29, 0.717) is 18.1 Å². The van der Waals surface area contributed by atoms with Gasteiger partial charge in [-0.05, 0) is 47.5 Å². The van der Waals surface area contributed by atoms with Crippen molar-refractivity contribution >= 4 is 23.4 Å². The second-order valence-corrected chi connectivity index (χ2v) is 6.95. The third-order valence-corrected chi connectivity index (χ3v) is 4.81. The van der Waals surface area contributed by atoms with Crippen LogP contribution in [0, 0.1) is 5.82 Å². The van der Waals surface area contributed by atoms with Gasteiger partial charge in [0.1, 0.15) is 18.2 Å². The molecule has 0 saturated heterocycles. The fourth-order valence-electron chi connectivity index (χ4n) is 2.41. The van der Waals surface area contributed by atoms with Crippen LogP contribution >= 0.6 is 11.8 Å². The smallest absolute Gasteiger partial charge is 0.234 e. The van der Waals surface area contributed by atoms with Crippen LogP contribution in [0.1, 0.15) is 11.1 Å². The molecule has 0 aliphatic rings. The molecule has 0 unspecified atom stereocenters. The molecule has 0 radical (unpaired) electrons. The highest BCUT2D eigenvalue weighted by Crippen LogP contribution is 2.18. The Morgan fingerprint density at radius 3 is 2.30 bits per heavy atom. The zero-order valence-electron chi connectivity index (χ0n) is 14.7. The highest BCUT2D eigenvalue weighted by Gasteiger charge is 2.04. The van der Waals surface area contributed by atoms with E-state index < -0.39 is 0 Å². The molecular weight excluding hydrogens is 361 g/mol. The fraction of sp³-hybridized carbons (Fsp3) is 0.136. The Morgan fingerprint density at radius 1 is 0.889 bits per heavy atom. The molecule has 0 saturated carbocycles. The van der Waals surface area contributed by atoms with Crippen LogP contribution < -0.4 is 10.1 Å². The van der Waals surface area contributed by atoms with Gasteiger partial charge in [0.25, 0.3) is 0 Å². The topological polar surface area (TPSA) is 38.3 Å². The Morgan fingerprint density at radius 2 is 1.59 bits per heavy atom. The number of carbonyl (C=O) groups is 1. The number of thioether (sulfide) groups is 1. The van der Waals surface area contributed by atoms with Crippen LogP contribution in [0.4, 0.5) is 10.1 Å². The van der Waals surface area contributed by atoms with Gasteiger partial charge in [-0.15, -0.1) is 11.8 Å². The molecule has 27 heavy (non-hydrogen) atoms. The Hall–Kier alpha value is -2.79. The number of rotatable bonds is 8. The van der Waals surface area contributed by atoms with E-state index in [1.165, 1.54) is 23.9 Å². The van der Waals surface area contributed by atoms with E-state index in [9.17, 15) is 9.18 Å². The lowest BCUT2D eigenvalue weighted by atomic mass is 10.2. The van der Waals surface area contributed by atoms with Crippen LogP contribution in [0.3, 0.4) is 0 Å². The second-order valence-electron chi connectivity index (χ2n) is 5.97. The molecule has 0 aliphatic carbocycles. The number of amides is 1. The van der Waals surface area contributed by atoms with Crippen molar-refractivity contribution in [2.45, 2.75) is 12.4 Å². The molecule has 3 rings (SSSR count). The third-order valence-electron chi connectivity index (χ3n) is 3.80. The summed E-state index contributed by atoms with van der Waals surface area (Å²) in [5, 5.41) is 2.86. The molecule has 1 amide bonds. The normalized spacial score (nSPS) is 10.4. The SMILES string of the molecule is O=C(CSCc1ccc(F)cc1)Nc1ccc(OCc2ccccc2)cc1. The number of halogens is 1. The van der Waals surface area contributed by atoms with Gasteiger partial charge >= 0.3 is 0 Å². The van der Waals surface area contributed by atoms with Gasteiger partial charge in [0.05, 0.1) is 5.75 Å². The quantitative estimate of drug-likeness (QED) is 0.577. The molecule has 3 aromatic carbocycles. The van der Waals surface area contributed by atoms with Crippen LogP contribution in [0.25, 0.3) is 0 Å². The predicted molar refractivity (Wildman–Crippen MR) is 108 cm³/mol. The molecule has 138 valence electrons. The Balaban J connectivity index is 1.40. The number of anilines is 1. The number of hydrogen-bond acceptors (Lipinski definition) is 3. The standard InChI is InChI=1S/C22H20FNO2S/c23-19-8-6-18(7-9-19)15-27-16-22(25)24-20-10-12-21(13-11-20)26-14-17-4-2-1-3-5-17/h1-13H,14-16H2,(H,24,25). The maximum absolute atomic E-state index is 12.9. The second kappa shape index (κ2) is 9.78. The van der Waals surface area contributed by atoms with Crippen molar-refractivity contribution < 1.29 is 13.9 Å². The average molecular weight is 381 g/mol. The summed E-state index contributed by atoms with van der Waals surface area (Å²) >= 11 is 1.49. The van der Waals surface area contributed by atoms with E-state index in [1.54, 1.807) is 12.1 Å². The van der Waals surface area contributed by atoms with Gasteiger partial charge in [0.2, 0.25) is 5.91 Å². The molecule has 0 aromatic heterocycles. The molecule has 5 heteroatoms. The first-order valence-corrected chi connectivity index (χ1v) is 9.73. The van der Waals surface area contributed by atoms with Gasteiger partial charge in [-0.1, -0.05) is 42.5 Å². The zero-order chi connectivity index (χ0) is 18.9. The van der Waals surface area contributed by atoms with Gasteiger partial charge in [-0.3, -0.25) is 4.79 Å². The van der Waals surface area contributed by atoms with Crippen LogP contribution in [0.2, 0.25) is 0 Å². The first-order valence-electron chi connectivity index (χ1n) is 8.58. The summed E-state index contributed by atoms with van der Waals surface area (Å²) in [6.07, 6.45) is 0. The first-order chi connectivity index (χ1) is 13.2. The summed E-state index contributed by atoms with van der Waals surface area (Å²) in [4.78, 5) is 12.0. The highest BCUT2D eigenvalue weighted by atomic mass is 32.2. The highest BCUT2D eigenvalue weighted by molar-refractivity contribution is 7.99. The summed E-state index contributed by atoms with van der Waals surface area (Å²) in [6, 6.07) is 23.6. The zero-order valence-corrected chi connectivity index (χ0v) is 15.5. The molecule has 0 atom stereocenters. The molecule has 1 N–H and O–H groups in total. The van der Waals surface area contributed by atoms with Gasteiger partial charge in [0.15, 0.2) is 0 Å². The molecule has 0 fully saturated rings. The third kappa shape index (κ3) is 6.46. The van der Waals surface area contributed by atoms with Crippen LogP contribution in [-0.4, -0.2) is 11.7 Å². The summed E-state index contributed by atoms with van der Waals surface area (Å²) in [7, 11) is 0. The molecule has 0 heterocycles. The lowest BCUT2D eigenvalue weighted by Crippen LogP contribution is -2.14. The maximum atomic E-state index is 12.9. The van der Waals surface area contributed by atoms with E-state index in [-0.39, 0.29) is 11.7 Å². The summed E-state index contributed by atoms with van der Waals surface area (Å²) in [6.45, 7) is 0.507. The summed E-state index contributed by atoms with van der Waals surface area (Å²) in [5.74, 6) is 1.43. The number of benzene rings is 3. The van der Waals surface area contributed by atoms with Crippen LogP contribution in [0.5, 0.6) is 5.75 Å². The van der Waals surface area contributed by atoms with Crippen molar-refractivity contribution in [1.29, 1.82) is 0 Å². The summed E-state index contributed by atoms with van der Waals surface area (Å²) in [5.41, 5.74) is 2.83. The number of ether oxygens (including phenoxy) is 1. The minimum atomic E-state index is -0.252. The lowest BCUT2D eigenvalue weighted by Gasteiger charge is -2.08. The monoisotopic (exact) mass is 381 g/mol. The average Bonchev–Trinajstić information content (AvgIpc) is 2.70. The first kappa shape index (κ1) is 19.0. The molecular formula is C22H20FNO2S. The van der Waals surface area contributed by atoms with Gasteiger partial charge < -0.3 is 10.1 Å². The number of hydrogen-bond donors (Lipinski definition) is 1. The van der Waals surface area contributed by atoms with E-state index >= 15 is 0 Å². The van der Waals surface area contributed by atoms with E-state index in [0.717, 1.165) is 22.6 Å². The van der Waals surface area contributed by atoms with Crippen molar-refractivity contribution in [3.63, 3.8) is 0 Å². The maximum Gasteiger partial charge on any atom is 0.234 e. The van der Waals surface area contributed by atoms with Crippen LogP contribution in [-0.2, 0) is 17.2 Å². The van der Waals surface area contributed by atoms with E-state index in [1.807, 2.05) is 54.6 Å². The molecule has 3 nitrogen and oxygen atoms in total. The van der Waals surface area contributed by atoms with Crippen molar-refractivity contribution in [2.75, 3.05) is 11.1 Å². The lowest BCUT2D eigenvalue weighted by molar-refractivity contribution is -0.113. The minimum Gasteiger partial charge on any atom is -0.489 e. The largest absolute Gasteiger partial charge is 0.489 e. The van der Waals surface area contributed by atoms with Crippen molar-refractivity contribution in [1.82, 2.24) is 0 Å². The Kier molecular flexibility index (Phi) is 6.88. The fourth-order valence-corrected chi connectivity index (χ4v) is 3.20. The van der Waals surface area contributed by atoms with Gasteiger partial charge in [-0.2, -0.15) is 0 Å². The van der Waals surface area contributed by atoms with Gasteiger partial charge in [-0.25, -0.2) is 4.39 Å². The Labute approximate surface area is 162 Å². The van der Waals surface area contributed by atoms with Crippen molar-refractivity contribution in [3.8, 4) is 5.75 Å². The molecule has 0 spiro atoms. The number of carbonyl (C=O) groups excluding carboxylic acids is 1. The van der Waals surface area contributed by atoms with E-state index in [2.05, 4.69) is 5.32 Å². The van der Waals surface area contributed by atoms with Crippen LogP contribution in [0.15, 0.2) is 78.9 Å².